The molecule has 0 aromatic heterocycles. The Labute approximate surface area is 182 Å². The number of allylic oxidation sites excluding steroid dienone is 4. The molecule has 0 radical (unpaired) electrons. The van der Waals surface area contributed by atoms with Gasteiger partial charge in [-0.1, -0.05) is 0 Å². The van der Waals surface area contributed by atoms with Crippen LogP contribution < -0.4 is 35.2 Å². The van der Waals surface area contributed by atoms with Crippen molar-refractivity contribution < 1.29 is 49.5 Å². The first kappa shape index (κ1) is 19.6. The summed E-state index contributed by atoms with van der Waals surface area (Å²) < 4.78 is 0.576. The molecule has 0 N–H and O–H groups in total. The van der Waals surface area contributed by atoms with Crippen LogP contribution in [-0.4, -0.2) is 7.38 Å². The van der Waals surface area contributed by atoms with Gasteiger partial charge < -0.3 is 24.8 Å². The van der Waals surface area contributed by atoms with E-state index in [0.717, 1.165) is 12.5 Å². The average molecular weight is 482 g/mol. The minimum absolute atomic E-state index is 0. The van der Waals surface area contributed by atoms with Gasteiger partial charge in [0.25, 0.3) is 0 Å². The number of hydrogen-bond acceptors (Lipinski definition) is 0. The second-order valence-corrected chi connectivity index (χ2v) is 13.3. The summed E-state index contributed by atoms with van der Waals surface area (Å²) >= 11 is 8.78. The zero-order valence-corrected chi connectivity index (χ0v) is 19.5. The van der Waals surface area contributed by atoms with Gasteiger partial charge in [-0.3, -0.25) is 0 Å². The Bertz CT molecular complexity index is 935. The second-order valence-electron chi connectivity index (χ2n) is 6.63. The van der Waals surface area contributed by atoms with E-state index in [1.165, 1.54) is 27.8 Å². The second kappa shape index (κ2) is 6.80. The van der Waals surface area contributed by atoms with E-state index < -0.39 is 7.38 Å². The zero-order chi connectivity index (χ0) is 15.8. The molecule has 0 nitrogen and oxygen atoms in total. The Kier molecular flexibility index (Phi) is 5.35. The molecule has 125 valence electrons. The van der Waals surface area contributed by atoms with E-state index in [2.05, 4.69) is 55.5 Å². The normalized spacial score (nSPS) is 23.8. The van der Waals surface area contributed by atoms with Crippen molar-refractivity contribution in [1.82, 2.24) is 0 Å². The molecule has 25 heavy (non-hydrogen) atoms. The third kappa shape index (κ3) is 2.56. The van der Waals surface area contributed by atoms with Crippen LogP contribution in [0.3, 0.4) is 0 Å². The molecule has 1 heterocycles. The van der Waals surface area contributed by atoms with Gasteiger partial charge >= 0.3 is 159 Å². The van der Waals surface area contributed by atoms with Gasteiger partial charge in [0.05, 0.1) is 0 Å². The molecule has 0 spiro atoms. The minimum Gasteiger partial charge on any atom is -1.00 e. The summed E-state index contributed by atoms with van der Waals surface area (Å²) in [5.41, 5.74) is 8.90. The molecular formula is C20H16Cl3SiZr. The van der Waals surface area contributed by atoms with Gasteiger partial charge in [-0.2, -0.15) is 0 Å². The van der Waals surface area contributed by atoms with E-state index in [4.69, 9.17) is 11.1 Å². The molecule has 0 amide bonds. The molecule has 0 saturated heterocycles. The Hall–Kier alpha value is -0.110. The first-order valence-corrected chi connectivity index (χ1v) is 12.9. The third-order valence-electron chi connectivity index (χ3n) is 5.55. The van der Waals surface area contributed by atoms with Crippen LogP contribution in [0.1, 0.15) is 33.7 Å². The van der Waals surface area contributed by atoms with E-state index in [1.807, 2.05) is 0 Å². The first-order chi connectivity index (χ1) is 11.2. The summed E-state index contributed by atoms with van der Waals surface area (Å²) in [5, 5.41) is 3.13. The fourth-order valence-corrected chi connectivity index (χ4v) is 10.7. The fraction of sp³-hybridized carbons (Fsp3) is 0.200. The predicted octanol–water partition coefficient (Wildman–Crippen LogP) is -1.71. The molecule has 2 aliphatic carbocycles. The van der Waals surface area contributed by atoms with Gasteiger partial charge in [-0.25, -0.2) is 0 Å². The predicted molar refractivity (Wildman–Crippen MR) is 96.8 cm³/mol. The van der Waals surface area contributed by atoms with Crippen molar-refractivity contribution in [3.8, 4) is 11.1 Å². The van der Waals surface area contributed by atoms with Crippen LogP contribution in [0.5, 0.6) is 0 Å². The molecule has 5 heteroatoms. The van der Waals surface area contributed by atoms with Crippen LogP contribution in [0.2, 0.25) is 6.04 Å². The Morgan fingerprint density at radius 1 is 1.12 bits per heavy atom. The van der Waals surface area contributed by atoms with Crippen molar-refractivity contribution in [2.75, 3.05) is 0 Å². The topological polar surface area (TPSA) is 0 Å². The van der Waals surface area contributed by atoms with Crippen molar-refractivity contribution in [3.05, 3.63) is 65.3 Å². The maximum atomic E-state index is 7.20. The number of halogens is 3. The van der Waals surface area contributed by atoms with Gasteiger partial charge in [0.2, 0.25) is 0 Å². The van der Waals surface area contributed by atoms with Crippen molar-refractivity contribution >= 4 is 34.4 Å². The SMILES string of the molecule is CC[Si]1(Cl)c2c(C3=CC=CC3)cc3c(c21)[CH]([Zr+2])c1ccccc1-3.[Cl-].[Cl-]. The van der Waals surface area contributed by atoms with Crippen LogP contribution in [-0.2, 0) is 24.7 Å². The van der Waals surface area contributed by atoms with Gasteiger partial charge in [0.15, 0.2) is 0 Å². The van der Waals surface area contributed by atoms with Crippen LogP contribution in [0.15, 0.2) is 48.6 Å². The molecule has 0 bridgehead atoms. The van der Waals surface area contributed by atoms with E-state index in [-0.39, 0.29) is 24.8 Å². The molecule has 0 saturated carbocycles. The van der Waals surface area contributed by atoms with E-state index >= 15 is 0 Å². The quantitative estimate of drug-likeness (QED) is 0.354. The van der Waals surface area contributed by atoms with Crippen molar-refractivity contribution in [1.29, 1.82) is 0 Å². The van der Waals surface area contributed by atoms with E-state index in [1.54, 1.807) is 40.7 Å². The van der Waals surface area contributed by atoms with Gasteiger partial charge in [-0.05, 0) is 0 Å². The van der Waals surface area contributed by atoms with Gasteiger partial charge in [-0.15, -0.1) is 0 Å². The monoisotopic (exact) mass is 479 g/mol. The molecule has 0 fully saturated rings. The van der Waals surface area contributed by atoms with Crippen LogP contribution in [0.4, 0.5) is 0 Å². The van der Waals surface area contributed by atoms with Crippen LogP contribution in [0, 0.1) is 0 Å². The third-order valence-corrected chi connectivity index (χ3v) is 12.3. The Morgan fingerprint density at radius 3 is 2.56 bits per heavy atom. The van der Waals surface area contributed by atoms with Crippen molar-refractivity contribution in [3.63, 3.8) is 0 Å². The molecule has 2 atom stereocenters. The molecule has 2 unspecified atom stereocenters. The fourth-order valence-electron chi connectivity index (χ4n) is 4.35. The Balaban J connectivity index is 0.000000911. The molecule has 3 aliphatic rings. The Morgan fingerprint density at radius 2 is 1.88 bits per heavy atom. The molecule has 1 aliphatic heterocycles. The summed E-state index contributed by atoms with van der Waals surface area (Å²) in [6, 6.07) is 12.5. The molecule has 2 aromatic carbocycles. The van der Waals surface area contributed by atoms with Crippen LogP contribution >= 0.6 is 11.1 Å². The maximum Gasteiger partial charge on any atom is -1.00 e. The molecule has 2 aromatic rings. The van der Waals surface area contributed by atoms with Crippen molar-refractivity contribution in [2.45, 2.75) is 23.0 Å². The number of hydrogen-bond donors (Lipinski definition) is 0. The van der Waals surface area contributed by atoms with Gasteiger partial charge in [0.1, 0.15) is 0 Å². The first-order valence-electron chi connectivity index (χ1n) is 8.24. The number of rotatable bonds is 2. The number of benzene rings is 2. The summed E-state index contributed by atoms with van der Waals surface area (Å²) in [6.45, 7) is 2.27. The summed E-state index contributed by atoms with van der Waals surface area (Å²) in [5.74, 6) is 0. The van der Waals surface area contributed by atoms with Crippen molar-refractivity contribution in [2.24, 2.45) is 0 Å². The maximum absolute atomic E-state index is 7.20. The summed E-state index contributed by atoms with van der Waals surface area (Å²) in [6.07, 6.45) is 7.76. The van der Waals surface area contributed by atoms with E-state index in [0.29, 0.717) is 3.63 Å². The van der Waals surface area contributed by atoms with Crippen LogP contribution in [0.25, 0.3) is 16.7 Å². The smallest absolute Gasteiger partial charge is 1.00 e. The minimum atomic E-state index is -1.85. The average Bonchev–Trinajstić information content (AvgIpc) is 2.96. The summed E-state index contributed by atoms with van der Waals surface area (Å²) in [4.78, 5) is 0. The largest absolute Gasteiger partial charge is 1.00 e. The zero-order valence-electron chi connectivity index (χ0n) is 13.7. The summed E-state index contributed by atoms with van der Waals surface area (Å²) in [7, 11) is -1.85. The van der Waals surface area contributed by atoms with Gasteiger partial charge in [0, 0.05) is 0 Å². The molecule has 5 rings (SSSR count). The molecular weight excluding hydrogens is 466 g/mol. The standard InChI is InChI=1S/C20H16ClSi.2ClH.Zr/c1-2-22(21)19-16(13-7-3-4-8-13)12-17-15-10-6-5-9-14(15)11-18(17)20(19)22;;;/h3-7,9-12H,2,8H2,1H3;2*1H;/q;;;+2/p-2. The number of fused-ring (bicyclic) bond motifs is 5. The van der Waals surface area contributed by atoms with E-state index in [9.17, 15) is 0 Å².